The Morgan fingerprint density at radius 1 is 1.04 bits per heavy atom. The molecule has 3 heterocycles. The minimum absolute atomic E-state index is 0.0215. The van der Waals surface area contributed by atoms with Gasteiger partial charge >= 0.3 is 0 Å². The molecular formula is C22H22N2O3. The third-order valence-corrected chi connectivity index (χ3v) is 5.99. The summed E-state index contributed by atoms with van der Waals surface area (Å²) < 4.78 is 11.0. The molecule has 2 aromatic rings. The molecule has 0 spiro atoms. The van der Waals surface area contributed by atoms with E-state index in [0.29, 0.717) is 0 Å². The lowest BCUT2D eigenvalue weighted by Gasteiger charge is -2.44. The molecule has 0 unspecified atom stereocenters. The van der Waals surface area contributed by atoms with Crippen LogP contribution in [0, 0.1) is 0 Å². The van der Waals surface area contributed by atoms with E-state index in [1.165, 1.54) is 11.1 Å². The number of anilines is 2. The SMILES string of the molecule is COc1ccc(N2CC=C3Cc4ccccc4N4C(=O)[C@H](OC)[C@H]2[C@@H]34)cc1. The summed E-state index contributed by atoms with van der Waals surface area (Å²) in [5, 5.41) is 0. The van der Waals surface area contributed by atoms with Gasteiger partial charge in [0.25, 0.3) is 5.91 Å². The van der Waals surface area contributed by atoms with Gasteiger partial charge in [0.1, 0.15) is 5.75 Å². The number of rotatable bonds is 3. The topological polar surface area (TPSA) is 42.0 Å². The Morgan fingerprint density at radius 3 is 2.56 bits per heavy atom. The molecule has 0 aromatic heterocycles. The molecule has 138 valence electrons. The molecule has 3 atom stereocenters. The van der Waals surface area contributed by atoms with Crippen molar-refractivity contribution >= 4 is 17.3 Å². The zero-order chi connectivity index (χ0) is 18.5. The van der Waals surface area contributed by atoms with Crippen molar-refractivity contribution in [2.45, 2.75) is 24.6 Å². The fourth-order valence-electron chi connectivity index (χ4n) is 4.77. The number of amides is 1. The van der Waals surface area contributed by atoms with Gasteiger partial charge in [0.15, 0.2) is 6.10 Å². The molecule has 1 amide bonds. The number of carbonyl (C=O) groups is 1. The molecule has 0 bridgehead atoms. The number of ether oxygens (including phenoxy) is 2. The third-order valence-electron chi connectivity index (χ3n) is 5.99. The first-order chi connectivity index (χ1) is 13.2. The second-order valence-electron chi connectivity index (χ2n) is 7.23. The zero-order valence-electron chi connectivity index (χ0n) is 15.5. The van der Waals surface area contributed by atoms with E-state index in [2.05, 4.69) is 17.0 Å². The Labute approximate surface area is 158 Å². The number of nitrogens with zero attached hydrogens (tertiary/aromatic N) is 2. The molecule has 5 rings (SSSR count). The average molecular weight is 362 g/mol. The molecule has 3 aliphatic heterocycles. The molecule has 5 nitrogen and oxygen atoms in total. The van der Waals surface area contributed by atoms with Crippen molar-refractivity contribution < 1.29 is 14.3 Å². The largest absolute Gasteiger partial charge is 0.497 e. The first-order valence-electron chi connectivity index (χ1n) is 9.26. The Bertz CT molecular complexity index is 921. The fourth-order valence-corrected chi connectivity index (χ4v) is 4.77. The highest BCUT2D eigenvalue weighted by atomic mass is 16.5. The molecule has 0 aliphatic carbocycles. The number of benzene rings is 2. The van der Waals surface area contributed by atoms with E-state index in [1.54, 1.807) is 14.2 Å². The van der Waals surface area contributed by atoms with E-state index >= 15 is 0 Å². The molecule has 2 aromatic carbocycles. The standard InChI is InChI=1S/C22H22N2O3/c1-26-17-9-7-16(8-10-17)23-12-11-15-13-14-5-3-4-6-18(14)24-19(15)20(23)21(27-2)22(24)25/h3-11,19-21H,12-13H2,1-2H3/t19-,20-,21-/m1/s1. The van der Waals surface area contributed by atoms with Crippen LogP contribution >= 0.6 is 0 Å². The summed E-state index contributed by atoms with van der Waals surface area (Å²) in [6.45, 7) is 0.770. The molecule has 0 radical (unpaired) electrons. The van der Waals surface area contributed by atoms with Gasteiger partial charge in [0.2, 0.25) is 0 Å². The zero-order valence-corrected chi connectivity index (χ0v) is 15.5. The predicted octanol–water partition coefficient (Wildman–Crippen LogP) is 2.80. The molecule has 1 saturated heterocycles. The van der Waals surface area contributed by atoms with E-state index in [0.717, 1.165) is 30.1 Å². The number of para-hydroxylation sites is 1. The summed E-state index contributed by atoms with van der Waals surface area (Å²) in [6.07, 6.45) is 2.69. The van der Waals surface area contributed by atoms with Crippen LogP contribution in [0.3, 0.4) is 0 Å². The van der Waals surface area contributed by atoms with Crippen LogP contribution in [0.5, 0.6) is 5.75 Å². The maximum absolute atomic E-state index is 13.3. The van der Waals surface area contributed by atoms with Gasteiger partial charge in [-0.15, -0.1) is 0 Å². The summed E-state index contributed by atoms with van der Waals surface area (Å²) >= 11 is 0. The van der Waals surface area contributed by atoms with Crippen LogP contribution in [0.15, 0.2) is 60.2 Å². The number of hydrogen-bond acceptors (Lipinski definition) is 4. The Morgan fingerprint density at radius 2 is 1.81 bits per heavy atom. The maximum atomic E-state index is 13.3. The summed E-state index contributed by atoms with van der Waals surface area (Å²) in [6, 6.07) is 16.2. The lowest BCUT2D eigenvalue weighted by molar-refractivity contribution is -0.125. The molecule has 0 saturated carbocycles. The van der Waals surface area contributed by atoms with Crippen molar-refractivity contribution in [3.05, 3.63) is 65.7 Å². The highest BCUT2D eigenvalue weighted by Gasteiger charge is 2.56. The van der Waals surface area contributed by atoms with E-state index in [1.807, 2.05) is 47.4 Å². The highest BCUT2D eigenvalue weighted by molar-refractivity contribution is 6.03. The third kappa shape index (κ3) is 2.31. The summed E-state index contributed by atoms with van der Waals surface area (Å²) in [5.41, 5.74) is 4.62. The summed E-state index contributed by atoms with van der Waals surface area (Å²) in [5.74, 6) is 0.872. The van der Waals surface area contributed by atoms with Gasteiger partial charge in [-0.25, -0.2) is 0 Å². The molecule has 1 fully saturated rings. The number of fused-ring (bicyclic) bond motifs is 2. The minimum Gasteiger partial charge on any atom is -0.497 e. The van der Waals surface area contributed by atoms with Crippen LogP contribution in [-0.4, -0.2) is 44.9 Å². The van der Waals surface area contributed by atoms with E-state index in [9.17, 15) is 4.79 Å². The molecule has 5 heteroatoms. The van der Waals surface area contributed by atoms with Crippen LogP contribution in [0.25, 0.3) is 0 Å². The van der Waals surface area contributed by atoms with Gasteiger partial charge < -0.3 is 19.3 Å². The monoisotopic (exact) mass is 362 g/mol. The predicted molar refractivity (Wildman–Crippen MR) is 104 cm³/mol. The van der Waals surface area contributed by atoms with Gasteiger partial charge in [-0.3, -0.25) is 4.79 Å². The molecule has 3 aliphatic rings. The normalized spacial score (nSPS) is 25.8. The number of hydrogen-bond donors (Lipinski definition) is 0. The van der Waals surface area contributed by atoms with Crippen molar-refractivity contribution in [2.24, 2.45) is 0 Å². The van der Waals surface area contributed by atoms with Gasteiger partial charge in [0, 0.05) is 25.0 Å². The van der Waals surface area contributed by atoms with Crippen LogP contribution in [0.4, 0.5) is 11.4 Å². The Balaban J connectivity index is 1.61. The van der Waals surface area contributed by atoms with Crippen molar-refractivity contribution in [1.82, 2.24) is 0 Å². The van der Waals surface area contributed by atoms with Crippen LogP contribution in [0.2, 0.25) is 0 Å². The summed E-state index contributed by atoms with van der Waals surface area (Å²) in [4.78, 5) is 17.5. The first-order valence-corrected chi connectivity index (χ1v) is 9.26. The van der Waals surface area contributed by atoms with Crippen molar-refractivity contribution in [2.75, 3.05) is 30.6 Å². The van der Waals surface area contributed by atoms with E-state index in [4.69, 9.17) is 9.47 Å². The van der Waals surface area contributed by atoms with Crippen LogP contribution in [-0.2, 0) is 16.0 Å². The van der Waals surface area contributed by atoms with Gasteiger partial charge in [-0.2, -0.15) is 0 Å². The smallest absolute Gasteiger partial charge is 0.258 e. The van der Waals surface area contributed by atoms with Crippen LogP contribution in [0.1, 0.15) is 5.56 Å². The van der Waals surface area contributed by atoms with Crippen molar-refractivity contribution in [3.63, 3.8) is 0 Å². The fraction of sp³-hybridized carbons (Fsp3) is 0.318. The van der Waals surface area contributed by atoms with Crippen molar-refractivity contribution in [1.29, 1.82) is 0 Å². The summed E-state index contributed by atoms with van der Waals surface area (Å²) in [7, 11) is 3.30. The van der Waals surface area contributed by atoms with E-state index in [-0.39, 0.29) is 18.0 Å². The second-order valence-corrected chi connectivity index (χ2v) is 7.23. The average Bonchev–Trinajstić information content (AvgIpc) is 3.02. The highest BCUT2D eigenvalue weighted by Crippen LogP contribution is 2.44. The minimum atomic E-state index is -0.480. The number of carbonyl (C=O) groups excluding carboxylic acids is 1. The van der Waals surface area contributed by atoms with E-state index < -0.39 is 6.10 Å². The van der Waals surface area contributed by atoms with Gasteiger partial charge in [0.05, 0.1) is 19.2 Å². The lowest BCUT2D eigenvalue weighted by Crippen LogP contribution is -2.54. The number of methoxy groups -OCH3 is 2. The van der Waals surface area contributed by atoms with Gasteiger partial charge in [-0.05, 0) is 47.9 Å². The maximum Gasteiger partial charge on any atom is 0.258 e. The Kier molecular flexibility index (Phi) is 3.72. The lowest BCUT2D eigenvalue weighted by atomic mass is 9.85. The second kappa shape index (κ2) is 6.13. The molecule has 0 N–H and O–H groups in total. The quantitative estimate of drug-likeness (QED) is 0.788. The van der Waals surface area contributed by atoms with Gasteiger partial charge in [-0.1, -0.05) is 24.3 Å². The first kappa shape index (κ1) is 16.4. The van der Waals surface area contributed by atoms with Crippen molar-refractivity contribution in [3.8, 4) is 5.75 Å². The van der Waals surface area contributed by atoms with Crippen LogP contribution < -0.4 is 14.5 Å². The molecular weight excluding hydrogens is 340 g/mol. The Hall–Kier alpha value is -2.79. The molecule has 27 heavy (non-hydrogen) atoms.